The quantitative estimate of drug-likeness (QED) is 0.686. The molecular formula is C16H24N3O4+. The molecule has 1 rings (SSSR count). The molecule has 7 nitrogen and oxygen atoms in total. The van der Waals surface area contributed by atoms with Crippen molar-refractivity contribution in [3.8, 4) is 0 Å². The van der Waals surface area contributed by atoms with E-state index in [1.165, 1.54) is 7.11 Å². The van der Waals surface area contributed by atoms with Crippen LogP contribution in [0.3, 0.4) is 0 Å². The number of hydrogen-bond donors (Lipinski definition) is 3. The Balaban J connectivity index is 2.59. The number of aryl methyl sites for hydroxylation is 1. The largest absolute Gasteiger partial charge is 0.453 e. The standard InChI is InChI=1S/C16H23N3O4/c1-5-12-8-6-7-9-13(12)17-14(20)10-19(3)11(2)15(21)18-16(22)23-4/h6-9,11H,5,10H2,1-4H3,(H,17,20)(H,18,21,22)/p+1/t11-/m1/s1. The number of ether oxygens (including phenoxy) is 1. The fourth-order valence-electron chi connectivity index (χ4n) is 2.03. The third kappa shape index (κ3) is 5.71. The summed E-state index contributed by atoms with van der Waals surface area (Å²) in [6.07, 6.45) is 0.00727. The molecule has 0 fully saturated rings. The first-order valence-corrected chi connectivity index (χ1v) is 7.47. The van der Waals surface area contributed by atoms with E-state index in [0.29, 0.717) is 4.90 Å². The highest BCUT2D eigenvalue weighted by Crippen LogP contribution is 2.14. The van der Waals surface area contributed by atoms with Gasteiger partial charge in [-0.3, -0.25) is 14.9 Å². The van der Waals surface area contributed by atoms with Gasteiger partial charge in [0.15, 0.2) is 12.6 Å². The zero-order chi connectivity index (χ0) is 17.4. The topological polar surface area (TPSA) is 88.9 Å². The van der Waals surface area contributed by atoms with Gasteiger partial charge in [-0.1, -0.05) is 25.1 Å². The summed E-state index contributed by atoms with van der Waals surface area (Å²) in [5, 5.41) is 4.95. The van der Waals surface area contributed by atoms with E-state index in [9.17, 15) is 14.4 Å². The van der Waals surface area contributed by atoms with Crippen LogP contribution in [0.2, 0.25) is 0 Å². The lowest BCUT2D eigenvalue weighted by molar-refractivity contribution is -0.885. The monoisotopic (exact) mass is 322 g/mol. The molecule has 3 amide bonds. The lowest BCUT2D eigenvalue weighted by Gasteiger charge is -2.20. The van der Waals surface area contributed by atoms with Crippen LogP contribution in [-0.2, 0) is 20.7 Å². The minimum Gasteiger partial charge on any atom is -0.453 e. The van der Waals surface area contributed by atoms with E-state index in [1.807, 2.05) is 31.2 Å². The summed E-state index contributed by atoms with van der Waals surface area (Å²) in [7, 11) is 2.90. The molecule has 7 heteroatoms. The molecule has 0 saturated heterocycles. The van der Waals surface area contributed by atoms with E-state index < -0.39 is 18.0 Å². The van der Waals surface area contributed by atoms with Gasteiger partial charge in [0, 0.05) is 5.69 Å². The van der Waals surface area contributed by atoms with Crippen LogP contribution in [0.5, 0.6) is 0 Å². The van der Waals surface area contributed by atoms with Crippen molar-refractivity contribution in [2.75, 3.05) is 26.0 Å². The molecule has 3 N–H and O–H groups in total. The van der Waals surface area contributed by atoms with Crippen molar-refractivity contribution in [1.82, 2.24) is 5.32 Å². The van der Waals surface area contributed by atoms with Crippen LogP contribution < -0.4 is 15.5 Å². The van der Waals surface area contributed by atoms with Crippen molar-refractivity contribution in [3.63, 3.8) is 0 Å². The van der Waals surface area contributed by atoms with Crippen molar-refractivity contribution in [2.45, 2.75) is 26.3 Å². The average Bonchev–Trinajstić information content (AvgIpc) is 2.54. The molecule has 2 atom stereocenters. The Morgan fingerprint density at radius 2 is 1.91 bits per heavy atom. The first-order chi connectivity index (χ1) is 10.9. The summed E-state index contributed by atoms with van der Waals surface area (Å²) in [5.74, 6) is -0.683. The highest BCUT2D eigenvalue weighted by atomic mass is 16.5. The molecule has 1 aromatic carbocycles. The van der Waals surface area contributed by atoms with Gasteiger partial charge in [0.05, 0.1) is 14.2 Å². The Morgan fingerprint density at radius 1 is 1.26 bits per heavy atom. The number of carbonyl (C=O) groups excluding carboxylic acids is 3. The summed E-state index contributed by atoms with van der Waals surface area (Å²) in [6.45, 7) is 3.76. The summed E-state index contributed by atoms with van der Waals surface area (Å²) >= 11 is 0. The van der Waals surface area contributed by atoms with E-state index in [4.69, 9.17) is 0 Å². The molecule has 0 aromatic heterocycles. The number of quaternary nitrogens is 1. The zero-order valence-corrected chi connectivity index (χ0v) is 13.9. The number of imide groups is 1. The summed E-state index contributed by atoms with van der Waals surface area (Å²) in [6, 6.07) is 7.02. The highest BCUT2D eigenvalue weighted by Gasteiger charge is 2.25. The van der Waals surface area contributed by atoms with Crippen molar-refractivity contribution in [1.29, 1.82) is 0 Å². The van der Waals surface area contributed by atoms with Crippen LogP contribution in [0.4, 0.5) is 10.5 Å². The second-order valence-corrected chi connectivity index (χ2v) is 5.28. The van der Waals surface area contributed by atoms with E-state index >= 15 is 0 Å². The molecule has 1 unspecified atom stereocenters. The normalized spacial score (nSPS) is 12.9. The lowest BCUT2D eigenvalue weighted by atomic mass is 10.1. The minimum atomic E-state index is -0.809. The molecule has 0 radical (unpaired) electrons. The fourth-order valence-corrected chi connectivity index (χ4v) is 2.03. The second kappa shape index (κ2) is 8.89. The molecule has 0 bridgehead atoms. The maximum Gasteiger partial charge on any atom is 0.413 e. The molecule has 0 heterocycles. The van der Waals surface area contributed by atoms with E-state index in [1.54, 1.807) is 14.0 Å². The van der Waals surface area contributed by atoms with Gasteiger partial charge in [0.2, 0.25) is 0 Å². The van der Waals surface area contributed by atoms with Crippen LogP contribution in [0.1, 0.15) is 19.4 Å². The number of para-hydroxylation sites is 1. The Kier molecular flexibility index (Phi) is 7.21. The third-order valence-corrected chi connectivity index (χ3v) is 3.65. The number of methoxy groups -OCH3 is 1. The number of alkyl carbamates (subject to hydrolysis) is 1. The van der Waals surface area contributed by atoms with Crippen molar-refractivity contribution in [3.05, 3.63) is 29.8 Å². The Hall–Kier alpha value is -2.41. The SMILES string of the molecule is CCc1ccccc1NC(=O)C[NH+](C)[C@H](C)C(=O)NC(=O)OC. The number of carbonyl (C=O) groups is 3. The van der Waals surface area contributed by atoms with Crippen molar-refractivity contribution >= 4 is 23.6 Å². The number of rotatable bonds is 6. The summed E-state index contributed by atoms with van der Waals surface area (Å²) < 4.78 is 4.38. The third-order valence-electron chi connectivity index (χ3n) is 3.65. The number of anilines is 1. The fraction of sp³-hybridized carbons (Fsp3) is 0.438. The Morgan fingerprint density at radius 3 is 2.52 bits per heavy atom. The van der Waals surface area contributed by atoms with E-state index in [2.05, 4.69) is 15.4 Å². The van der Waals surface area contributed by atoms with Crippen LogP contribution in [0.15, 0.2) is 24.3 Å². The molecule has 23 heavy (non-hydrogen) atoms. The molecule has 126 valence electrons. The van der Waals surface area contributed by atoms with E-state index in [-0.39, 0.29) is 12.5 Å². The van der Waals surface area contributed by atoms with Gasteiger partial charge in [0.1, 0.15) is 0 Å². The van der Waals surface area contributed by atoms with Gasteiger partial charge >= 0.3 is 6.09 Å². The Labute approximate surface area is 136 Å². The van der Waals surface area contributed by atoms with Crippen LogP contribution >= 0.6 is 0 Å². The maximum absolute atomic E-state index is 12.1. The number of benzene rings is 1. The minimum absolute atomic E-state index is 0.105. The number of hydrogen-bond acceptors (Lipinski definition) is 4. The molecule has 0 saturated carbocycles. The maximum atomic E-state index is 12.1. The van der Waals surface area contributed by atoms with Gasteiger partial charge in [-0.2, -0.15) is 0 Å². The molecule has 1 aromatic rings. The molecule has 0 spiro atoms. The molecule has 0 aliphatic carbocycles. The van der Waals surface area contributed by atoms with Crippen molar-refractivity contribution in [2.24, 2.45) is 0 Å². The highest BCUT2D eigenvalue weighted by molar-refractivity contribution is 5.94. The smallest absolute Gasteiger partial charge is 0.413 e. The zero-order valence-electron chi connectivity index (χ0n) is 13.9. The van der Waals surface area contributed by atoms with Gasteiger partial charge < -0.3 is 15.0 Å². The number of nitrogens with one attached hydrogen (secondary N) is 3. The van der Waals surface area contributed by atoms with Crippen LogP contribution in [0.25, 0.3) is 0 Å². The van der Waals surface area contributed by atoms with Crippen molar-refractivity contribution < 1.29 is 24.0 Å². The van der Waals surface area contributed by atoms with Crippen LogP contribution in [-0.4, -0.2) is 44.7 Å². The first-order valence-electron chi connectivity index (χ1n) is 7.47. The number of likely N-dealkylation sites (N-methyl/N-ethyl adjacent to an activating group) is 1. The Bertz CT molecular complexity index is 574. The summed E-state index contributed by atoms with van der Waals surface area (Å²) in [4.78, 5) is 35.7. The second-order valence-electron chi connectivity index (χ2n) is 5.28. The number of amides is 3. The van der Waals surface area contributed by atoms with Gasteiger partial charge in [-0.25, -0.2) is 4.79 Å². The molecule has 0 aliphatic rings. The van der Waals surface area contributed by atoms with Gasteiger partial charge in [0.25, 0.3) is 11.8 Å². The molecular weight excluding hydrogens is 298 g/mol. The van der Waals surface area contributed by atoms with Gasteiger partial charge in [-0.15, -0.1) is 0 Å². The van der Waals surface area contributed by atoms with Gasteiger partial charge in [-0.05, 0) is 25.0 Å². The predicted octanol–water partition coefficient (Wildman–Crippen LogP) is -0.0267. The molecule has 0 aliphatic heterocycles. The lowest BCUT2D eigenvalue weighted by Crippen LogP contribution is -3.15. The summed E-state index contributed by atoms with van der Waals surface area (Å²) in [5.41, 5.74) is 1.83. The van der Waals surface area contributed by atoms with E-state index in [0.717, 1.165) is 17.7 Å². The van der Waals surface area contributed by atoms with Crippen LogP contribution in [0, 0.1) is 0 Å². The predicted molar refractivity (Wildman–Crippen MR) is 86.2 cm³/mol. The first kappa shape index (κ1) is 18.6. The average molecular weight is 322 g/mol.